The minimum atomic E-state index is -0.392. The number of amides is 1. The number of nitrogens with one attached hydrogen (secondary N) is 1. The van der Waals surface area contributed by atoms with Gasteiger partial charge in [-0.2, -0.15) is 10.2 Å². The predicted octanol–water partition coefficient (Wildman–Crippen LogP) is 5.32. The topological polar surface area (TPSA) is 77.6 Å². The summed E-state index contributed by atoms with van der Waals surface area (Å²) in [4.78, 5) is 17.6. The Balaban J connectivity index is 1.79. The fourth-order valence-corrected chi connectivity index (χ4v) is 3.93. The molecule has 0 fully saturated rings. The van der Waals surface area contributed by atoms with Crippen molar-refractivity contribution in [3.8, 4) is 5.69 Å². The zero-order valence-corrected chi connectivity index (χ0v) is 19.4. The number of rotatable bonds is 3. The van der Waals surface area contributed by atoms with Crippen molar-refractivity contribution in [2.75, 3.05) is 5.32 Å². The van der Waals surface area contributed by atoms with Crippen LogP contribution in [0, 0.1) is 6.92 Å². The smallest absolute Gasteiger partial charge is 0.259 e. The van der Waals surface area contributed by atoms with E-state index < -0.39 is 5.91 Å². The van der Waals surface area contributed by atoms with Gasteiger partial charge in [-0.25, -0.2) is 9.67 Å². The molecule has 4 rings (SSSR count). The van der Waals surface area contributed by atoms with Crippen LogP contribution in [-0.4, -0.2) is 30.5 Å². The largest absolute Gasteiger partial charge is 0.306 e. The van der Waals surface area contributed by atoms with Gasteiger partial charge in [-0.15, -0.1) is 0 Å². The summed E-state index contributed by atoms with van der Waals surface area (Å²) in [5, 5.41) is 13.5. The molecule has 0 radical (unpaired) electrons. The Bertz CT molecular complexity index is 1320. The number of carbonyl (C=O) groups is 1. The Hall–Kier alpha value is -2.90. The zero-order chi connectivity index (χ0) is 22.5. The molecule has 4 aromatic rings. The van der Waals surface area contributed by atoms with Crippen molar-refractivity contribution >= 4 is 46.0 Å². The van der Waals surface area contributed by atoms with Gasteiger partial charge in [0, 0.05) is 24.7 Å². The molecular formula is C22H22Cl2N6O. The van der Waals surface area contributed by atoms with Crippen molar-refractivity contribution < 1.29 is 4.79 Å². The molecule has 0 aliphatic rings. The summed E-state index contributed by atoms with van der Waals surface area (Å²) in [6.07, 6.45) is 1.46. The molecule has 3 heterocycles. The Morgan fingerprint density at radius 1 is 1.13 bits per heavy atom. The van der Waals surface area contributed by atoms with Crippen LogP contribution in [0.15, 0.2) is 36.5 Å². The number of nitrogens with zero attached hydrogens (tertiary/aromatic N) is 5. The fourth-order valence-electron chi connectivity index (χ4n) is 3.35. The van der Waals surface area contributed by atoms with Gasteiger partial charge in [0.25, 0.3) is 5.91 Å². The number of carbonyl (C=O) groups excluding carboxylic acids is 1. The standard InChI is InChI=1S/C22H22Cl2N6O/c1-12-18-19(24)13(11-25-20(18)29(5)27-12)21(31)26-17-10-16(22(2,3)4)28-30(17)15-9-7-6-8-14(15)23/h6-11H,1-5H3,(H,26,31). The third-order valence-corrected chi connectivity index (χ3v) is 5.72. The van der Waals surface area contributed by atoms with Crippen molar-refractivity contribution in [1.29, 1.82) is 0 Å². The first-order chi connectivity index (χ1) is 14.6. The highest BCUT2D eigenvalue weighted by atomic mass is 35.5. The number of aromatic nitrogens is 5. The van der Waals surface area contributed by atoms with E-state index in [0.29, 0.717) is 38.3 Å². The van der Waals surface area contributed by atoms with Gasteiger partial charge >= 0.3 is 0 Å². The number of para-hydroxylation sites is 1. The molecule has 0 aliphatic heterocycles. The lowest BCUT2D eigenvalue weighted by atomic mass is 9.92. The highest BCUT2D eigenvalue weighted by molar-refractivity contribution is 6.39. The van der Waals surface area contributed by atoms with Crippen molar-refractivity contribution in [1.82, 2.24) is 24.5 Å². The number of hydrogen-bond donors (Lipinski definition) is 1. The lowest BCUT2D eigenvalue weighted by molar-refractivity contribution is 0.102. The van der Waals surface area contributed by atoms with E-state index in [1.54, 1.807) is 22.5 Å². The Kier molecular flexibility index (Phi) is 5.27. The van der Waals surface area contributed by atoms with Crippen molar-refractivity contribution in [3.63, 3.8) is 0 Å². The summed E-state index contributed by atoms with van der Waals surface area (Å²) in [6.45, 7) is 7.99. The highest BCUT2D eigenvalue weighted by Crippen LogP contribution is 2.31. The molecule has 1 aromatic carbocycles. The van der Waals surface area contributed by atoms with Gasteiger partial charge in [-0.05, 0) is 19.1 Å². The van der Waals surface area contributed by atoms with Crippen molar-refractivity contribution in [2.45, 2.75) is 33.1 Å². The van der Waals surface area contributed by atoms with E-state index in [9.17, 15) is 4.79 Å². The first-order valence-electron chi connectivity index (χ1n) is 9.72. The van der Waals surface area contributed by atoms with E-state index in [4.69, 9.17) is 28.3 Å². The molecule has 0 saturated carbocycles. The molecular weight excluding hydrogens is 435 g/mol. The van der Waals surface area contributed by atoms with Gasteiger partial charge in [-0.1, -0.05) is 56.1 Å². The number of benzene rings is 1. The normalized spacial score (nSPS) is 11.8. The second-order valence-electron chi connectivity index (χ2n) is 8.38. The lowest BCUT2D eigenvalue weighted by Crippen LogP contribution is -2.16. The van der Waals surface area contributed by atoms with Crippen LogP contribution in [0.5, 0.6) is 0 Å². The van der Waals surface area contributed by atoms with E-state index >= 15 is 0 Å². The molecule has 0 spiro atoms. The molecule has 0 atom stereocenters. The molecule has 9 heteroatoms. The number of hydrogen-bond acceptors (Lipinski definition) is 4. The third-order valence-electron chi connectivity index (χ3n) is 5.01. The lowest BCUT2D eigenvalue weighted by Gasteiger charge is -2.14. The average Bonchev–Trinajstić information content (AvgIpc) is 3.23. The van der Waals surface area contributed by atoms with E-state index in [1.165, 1.54) is 6.20 Å². The van der Waals surface area contributed by atoms with Crippen LogP contribution in [0.2, 0.25) is 10.0 Å². The minimum absolute atomic E-state index is 0.225. The van der Waals surface area contributed by atoms with Gasteiger partial charge in [0.2, 0.25) is 0 Å². The van der Waals surface area contributed by atoms with Crippen molar-refractivity contribution in [2.24, 2.45) is 7.05 Å². The molecule has 0 bridgehead atoms. The van der Waals surface area contributed by atoms with Crippen LogP contribution in [0.3, 0.4) is 0 Å². The van der Waals surface area contributed by atoms with Crippen LogP contribution in [0.25, 0.3) is 16.7 Å². The quantitative estimate of drug-likeness (QED) is 0.452. The van der Waals surface area contributed by atoms with Crippen LogP contribution in [0.1, 0.15) is 42.5 Å². The molecule has 0 aliphatic carbocycles. The van der Waals surface area contributed by atoms with Crippen LogP contribution in [0.4, 0.5) is 5.82 Å². The summed E-state index contributed by atoms with van der Waals surface area (Å²) < 4.78 is 3.27. The third kappa shape index (κ3) is 3.79. The minimum Gasteiger partial charge on any atom is -0.306 e. The molecule has 3 aromatic heterocycles. The SMILES string of the molecule is Cc1nn(C)c2ncc(C(=O)Nc3cc(C(C)(C)C)nn3-c3ccccc3Cl)c(Cl)c12. The number of halogens is 2. The summed E-state index contributed by atoms with van der Waals surface area (Å²) in [6, 6.07) is 9.18. The number of aryl methyl sites for hydroxylation is 2. The van der Waals surface area contributed by atoms with Gasteiger partial charge in [0.15, 0.2) is 5.65 Å². The molecule has 160 valence electrons. The van der Waals surface area contributed by atoms with Gasteiger partial charge in [0.05, 0.1) is 38.1 Å². The Morgan fingerprint density at radius 3 is 2.52 bits per heavy atom. The Morgan fingerprint density at radius 2 is 1.84 bits per heavy atom. The van der Waals surface area contributed by atoms with E-state index in [1.807, 2.05) is 31.2 Å². The van der Waals surface area contributed by atoms with Crippen LogP contribution >= 0.6 is 23.2 Å². The maximum absolute atomic E-state index is 13.2. The number of pyridine rings is 1. The Labute approximate surface area is 190 Å². The number of anilines is 1. The van der Waals surface area contributed by atoms with Crippen LogP contribution in [-0.2, 0) is 12.5 Å². The predicted molar refractivity (Wildman–Crippen MR) is 123 cm³/mol. The van der Waals surface area contributed by atoms with E-state index in [0.717, 1.165) is 5.69 Å². The summed E-state index contributed by atoms with van der Waals surface area (Å²) in [7, 11) is 1.79. The summed E-state index contributed by atoms with van der Waals surface area (Å²) >= 11 is 13.0. The van der Waals surface area contributed by atoms with Gasteiger partial charge in [0.1, 0.15) is 5.82 Å². The van der Waals surface area contributed by atoms with E-state index in [2.05, 4.69) is 36.2 Å². The first kappa shape index (κ1) is 21.3. The van der Waals surface area contributed by atoms with E-state index in [-0.39, 0.29) is 11.0 Å². The van der Waals surface area contributed by atoms with Crippen molar-refractivity contribution in [3.05, 3.63) is 63.5 Å². The molecule has 31 heavy (non-hydrogen) atoms. The zero-order valence-electron chi connectivity index (χ0n) is 17.9. The second-order valence-corrected chi connectivity index (χ2v) is 9.16. The highest BCUT2D eigenvalue weighted by Gasteiger charge is 2.24. The summed E-state index contributed by atoms with van der Waals surface area (Å²) in [5.74, 6) is 0.0958. The average molecular weight is 457 g/mol. The molecule has 0 unspecified atom stereocenters. The molecule has 1 amide bonds. The summed E-state index contributed by atoms with van der Waals surface area (Å²) in [5.41, 5.74) is 2.84. The maximum atomic E-state index is 13.2. The van der Waals surface area contributed by atoms with Crippen LogP contribution < -0.4 is 5.32 Å². The monoisotopic (exact) mass is 456 g/mol. The maximum Gasteiger partial charge on any atom is 0.259 e. The molecule has 0 saturated heterocycles. The number of fused-ring (bicyclic) bond motifs is 1. The molecule has 1 N–H and O–H groups in total. The first-order valence-corrected chi connectivity index (χ1v) is 10.5. The molecule has 7 nitrogen and oxygen atoms in total. The fraction of sp³-hybridized carbons (Fsp3) is 0.273. The van der Waals surface area contributed by atoms with Gasteiger partial charge < -0.3 is 5.32 Å². The van der Waals surface area contributed by atoms with Gasteiger partial charge in [-0.3, -0.25) is 9.48 Å². The second kappa shape index (κ2) is 7.66.